The third kappa shape index (κ3) is 3.16. The molecule has 0 aliphatic rings. The third-order valence-corrected chi connectivity index (χ3v) is 3.65. The van der Waals surface area contributed by atoms with Crippen LogP contribution in [0.1, 0.15) is 16.5 Å². The molecule has 1 heterocycles. The molecule has 1 atom stereocenters. The number of halogens is 1. The van der Waals surface area contributed by atoms with Gasteiger partial charge < -0.3 is 5.73 Å². The van der Waals surface area contributed by atoms with Gasteiger partial charge in [0.25, 0.3) is 0 Å². The number of hydrogen-bond acceptors (Lipinski definition) is 3. The Kier molecular flexibility index (Phi) is 3.94. The number of thiophene rings is 1. The number of nitrogens with two attached hydrogens (primary N) is 1. The summed E-state index contributed by atoms with van der Waals surface area (Å²) in [5, 5.41) is 2.56. The molecule has 2 aromatic rings. The van der Waals surface area contributed by atoms with Crippen molar-refractivity contribution in [2.45, 2.75) is 12.5 Å². The molecule has 0 saturated carbocycles. The normalized spacial score (nSPS) is 12.4. The lowest BCUT2D eigenvalue weighted by Crippen LogP contribution is -2.22. The summed E-state index contributed by atoms with van der Waals surface area (Å²) < 4.78 is 0. The zero-order valence-electron chi connectivity index (χ0n) is 9.10. The predicted octanol–water partition coefficient (Wildman–Crippen LogP) is 3.21. The van der Waals surface area contributed by atoms with Crippen molar-refractivity contribution in [3.8, 4) is 0 Å². The van der Waals surface area contributed by atoms with E-state index in [1.807, 2.05) is 29.6 Å². The van der Waals surface area contributed by atoms with Crippen molar-refractivity contribution >= 4 is 28.7 Å². The van der Waals surface area contributed by atoms with Gasteiger partial charge in [0.1, 0.15) is 0 Å². The maximum absolute atomic E-state index is 12.0. The van der Waals surface area contributed by atoms with E-state index in [1.165, 1.54) is 11.3 Å². The zero-order valence-corrected chi connectivity index (χ0v) is 10.7. The van der Waals surface area contributed by atoms with Gasteiger partial charge in [0.2, 0.25) is 0 Å². The van der Waals surface area contributed by atoms with E-state index < -0.39 is 6.04 Å². The first kappa shape index (κ1) is 12.3. The molecule has 0 aliphatic carbocycles. The summed E-state index contributed by atoms with van der Waals surface area (Å²) >= 11 is 7.37. The first-order valence-electron chi connectivity index (χ1n) is 5.23. The Balaban J connectivity index is 2.07. The Hall–Kier alpha value is -1.16. The van der Waals surface area contributed by atoms with Gasteiger partial charge >= 0.3 is 0 Å². The molecule has 2 nitrogen and oxygen atoms in total. The molecule has 0 aliphatic heterocycles. The van der Waals surface area contributed by atoms with Gasteiger partial charge in [0, 0.05) is 16.3 Å². The molecular formula is C13H12ClNOS. The van der Waals surface area contributed by atoms with Crippen LogP contribution < -0.4 is 5.73 Å². The summed E-state index contributed by atoms with van der Waals surface area (Å²) in [4.78, 5) is 12.9. The van der Waals surface area contributed by atoms with Crippen LogP contribution in [0.25, 0.3) is 0 Å². The van der Waals surface area contributed by atoms with Crippen LogP contribution in [-0.2, 0) is 11.2 Å². The van der Waals surface area contributed by atoms with E-state index in [0.717, 1.165) is 10.4 Å². The summed E-state index contributed by atoms with van der Waals surface area (Å²) in [6, 6.07) is 10.5. The standard InChI is InChI=1S/C13H12ClNOS/c14-10-4-1-3-9(7-10)8-11(16)13(15)12-5-2-6-17-12/h1-7,13H,8,15H2. The number of hydrogen-bond donors (Lipinski definition) is 1. The molecule has 0 fully saturated rings. The van der Waals surface area contributed by atoms with Gasteiger partial charge in [-0.2, -0.15) is 0 Å². The van der Waals surface area contributed by atoms with Gasteiger partial charge in [-0.05, 0) is 29.1 Å². The lowest BCUT2D eigenvalue weighted by molar-refractivity contribution is -0.119. The number of ketones is 1. The van der Waals surface area contributed by atoms with Gasteiger partial charge in [0.05, 0.1) is 6.04 Å². The van der Waals surface area contributed by atoms with Crippen molar-refractivity contribution in [2.75, 3.05) is 0 Å². The van der Waals surface area contributed by atoms with E-state index in [2.05, 4.69) is 0 Å². The van der Waals surface area contributed by atoms with Crippen LogP contribution >= 0.6 is 22.9 Å². The topological polar surface area (TPSA) is 43.1 Å². The molecule has 0 saturated heterocycles. The Morgan fingerprint density at radius 1 is 1.35 bits per heavy atom. The van der Waals surface area contributed by atoms with Crippen LogP contribution in [0.4, 0.5) is 0 Å². The number of Topliss-reactive ketones (excluding diaryl/α,β-unsaturated/α-hetero) is 1. The summed E-state index contributed by atoms with van der Waals surface area (Å²) in [5.74, 6) is 0.00900. The second kappa shape index (κ2) is 5.45. The van der Waals surface area contributed by atoms with Gasteiger partial charge in [0.15, 0.2) is 5.78 Å². The second-order valence-corrected chi connectivity index (χ2v) is 5.18. The fourth-order valence-corrected chi connectivity index (χ4v) is 2.55. The minimum Gasteiger partial charge on any atom is -0.317 e. The fourth-order valence-electron chi connectivity index (χ4n) is 1.58. The van der Waals surface area contributed by atoms with Crippen molar-refractivity contribution in [1.82, 2.24) is 0 Å². The highest BCUT2D eigenvalue weighted by Crippen LogP contribution is 2.20. The summed E-state index contributed by atoms with van der Waals surface area (Å²) in [6.07, 6.45) is 0.319. The van der Waals surface area contributed by atoms with Crippen molar-refractivity contribution < 1.29 is 4.79 Å². The lowest BCUT2D eigenvalue weighted by Gasteiger charge is -2.08. The minimum absolute atomic E-state index is 0.00900. The number of benzene rings is 1. The van der Waals surface area contributed by atoms with Crippen molar-refractivity contribution in [2.24, 2.45) is 5.73 Å². The third-order valence-electron chi connectivity index (χ3n) is 2.46. The number of carbonyl (C=O) groups excluding carboxylic acids is 1. The molecule has 0 amide bonds. The first-order valence-corrected chi connectivity index (χ1v) is 6.49. The SMILES string of the molecule is NC(C(=O)Cc1cccc(Cl)c1)c1cccs1. The minimum atomic E-state index is -0.533. The fraction of sp³-hybridized carbons (Fsp3) is 0.154. The Morgan fingerprint density at radius 3 is 2.82 bits per heavy atom. The van der Waals surface area contributed by atoms with Crippen LogP contribution in [0.15, 0.2) is 41.8 Å². The van der Waals surface area contributed by atoms with Crippen LogP contribution in [0.3, 0.4) is 0 Å². The summed E-state index contributed by atoms with van der Waals surface area (Å²) in [7, 11) is 0. The Bertz CT molecular complexity index is 510. The summed E-state index contributed by atoms with van der Waals surface area (Å²) in [6.45, 7) is 0. The van der Waals surface area contributed by atoms with Gasteiger partial charge in [-0.1, -0.05) is 29.8 Å². The number of rotatable bonds is 4. The molecule has 2 N–H and O–H groups in total. The second-order valence-electron chi connectivity index (χ2n) is 3.77. The highest BCUT2D eigenvalue weighted by Gasteiger charge is 2.16. The zero-order chi connectivity index (χ0) is 12.3. The maximum atomic E-state index is 12.0. The molecule has 0 spiro atoms. The average molecular weight is 266 g/mol. The molecule has 1 aromatic carbocycles. The maximum Gasteiger partial charge on any atom is 0.159 e. The van der Waals surface area contributed by atoms with E-state index >= 15 is 0 Å². The molecule has 1 aromatic heterocycles. The molecule has 2 rings (SSSR count). The van der Waals surface area contributed by atoms with E-state index in [0.29, 0.717) is 11.4 Å². The smallest absolute Gasteiger partial charge is 0.159 e. The molecule has 17 heavy (non-hydrogen) atoms. The molecule has 4 heteroatoms. The highest BCUT2D eigenvalue weighted by molar-refractivity contribution is 7.10. The van der Waals surface area contributed by atoms with E-state index in [9.17, 15) is 4.79 Å². The lowest BCUT2D eigenvalue weighted by atomic mass is 10.0. The highest BCUT2D eigenvalue weighted by atomic mass is 35.5. The van der Waals surface area contributed by atoms with Crippen LogP contribution in [0.2, 0.25) is 5.02 Å². The van der Waals surface area contributed by atoms with Crippen LogP contribution in [0.5, 0.6) is 0 Å². The monoisotopic (exact) mass is 265 g/mol. The van der Waals surface area contributed by atoms with Crippen LogP contribution in [-0.4, -0.2) is 5.78 Å². The molecule has 1 unspecified atom stereocenters. The number of carbonyl (C=O) groups is 1. The summed E-state index contributed by atoms with van der Waals surface area (Å²) in [5.41, 5.74) is 6.79. The molecular weight excluding hydrogens is 254 g/mol. The molecule has 88 valence electrons. The van der Waals surface area contributed by atoms with E-state index in [4.69, 9.17) is 17.3 Å². The Morgan fingerprint density at radius 2 is 2.18 bits per heavy atom. The van der Waals surface area contributed by atoms with Crippen LogP contribution in [0, 0.1) is 0 Å². The van der Waals surface area contributed by atoms with E-state index in [-0.39, 0.29) is 5.78 Å². The Labute approximate surface area is 109 Å². The largest absolute Gasteiger partial charge is 0.317 e. The van der Waals surface area contributed by atoms with Crippen molar-refractivity contribution in [3.63, 3.8) is 0 Å². The molecule has 0 bridgehead atoms. The van der Waals surface area contributed by atoms with Crippen molar-refractivity contribution in [3.05, 3.63) is 57.2 Å². The quantitative estimate of drug-likeness (QED) is 0.922. The van der Waals surface area contributed by atoms with Gasteiger partial charge in [-0.25, -0.2) is 0 Å². The predicted molar refractivity (Wildman–Crippen MR) is 71.4 cm³/mol. The van der Waals surface area contributed by atoms with Gasteiger partial charge in [-0.15, -0.1) is 11.3 Å². The van der Waals surface area contributed by atoms with Crippen molar-refractivity contribution in [1.29, 1.82) is 0 Å². The first-order chi connectivity index (χ1) is 8.16. The molecule has 0 radical (unpaired) electrons. The van der Waals surface area contributed by atoms with Gasteiger partial charge in [-0.3, -0.25) is 4.79 Å². The van der Waals surface area contributed by atoms with E-state index in [1.54, 1.807) is 12.1 Å². The average Bonchev–Trinajstić information content (AvgIpc) is 2.81.